The molecule has 0 amide bonds. The van der Waals surface area contributed by atoms with Crippen molar-refractivity contribution in [3.8, 4) is 0 Å². The predicted molar refractivity (Wildman–Crippen MR) is 104 cm³/mol. The second-order valence-electron chi connectivity index (χ2n) is 7.11. The number of fused-ring (bicyclic) bond motifs is 1. The zero-order valence-electron chi connectivity index (χ0n) is 15.0. The molecule has 24 heavy (non-hydrogen) atoms. The van der Waals surface area contributed by atoms with Crippen LogP contribution in [0.3, 0.4) is 0 Å². The quantitative estimate of drug-likeness (QED) is 0.511. The van der Waals surface area contributed by atoms with Crippen LogP contribution in [0.1, 0.15) is 77.6 Å². The van der Waals surface area contributed by atoms with Gasteiger partial charge in [0.25, 0.3) is 0 Å². The van der Waals surface area contributed by atoms with E-state index < -0.39 is 0 Å². The Kier molecular flexibility index (Phi) is 6.59. The summed E-state index contributed by atoms with van der Waals surface area (Å²) in [4.78, 5) is 0.137. The van der Waals surface area contributed by atoms with Gasteiger partial charge in [-0.15, -0.1) is 16.9 Å². The minimum atomic E-state index is 0.137. The molecule has 3 nitrogen and oxygen atoms in total. The summed E-state index contributed by atoms with van der Waals surface area (Å²) in [6, 6.07) is 8.42. The predicted octanol–water partition coefficient (Wildman–Crippen LogP) is 6.14. The minimum Gasteiger partial charge on any atom is -0.229 e. The van der Waals surface area contributed by atoms with Crippen molar-refractivity contribution in [3.63, 3.8) is 0 Å². The van der Waals surface area contributed by atoms with Gasteiger partial charge in [-0.05, 0) is 37.1 Å². The molecule has 1 aliphatic carbocycles. The average Bonchev–Trinajstić information content (AvgIpc) is 3.06. The molecule has 1 saturated carbocycles. The van der Waals surface area contributed by atoms with Gasteiger partial charge < -0.3 is 0 Å². The molecule has 4 heteroatoms. The molecule has 1 aromatic carbocycles. The monoisotopic (exact) mass is 345 g/mol. The van der Waals surface area contributed by atoms with Gasteiger partial charge in [0.2, 0.25) is 0 Å². The van der Waals surface area contributed by atoms with Gasteiger partial charge in [0.15, 0.2) is 0 Å². The normalized spacial score (nSPS) is 17.4. The lowest BCUT2D eigenvalue weighted by Crippen LogP contribution is -2.34. The molecule has 132 valence electrons. The Hall–Kier alpha value is -1.03. The van der Waals surface area contributed by atoms with Crippen molar-refractivity contribution in [1.82, 2.24) is 15.0 Å². The highest BCUT2D eigenvalue weighted by Gasteiger charge is 2.36. The Labute approximate surface area is 150 Å². The third kappa shape index (κ3) is 4.14. The summed E-state index contributed by atoms with van der Waals surface area (Å²) < 4.78 is 2.25. The number of benzene rings is 1. The van der Waals surface area contributed by atoms with E-state index in [1.54, 1.807) is 0 Å². The maximum Gasteiger partial charge on any atom is 0.113 e. The van der Waals surface area contributed by atoms with Crippen molar-refractivity contribution in [2.75, 3.05) is 5.75 Å². The molecule has 0 N–H and O–H groups in total. The largest absolute Gasteiger partial charge is 0.229 e. The number of para-hydroxylation sites is 1. The van der Waals surface area contributed by atoms with Crippen LogP contribution < -0.4 is 0 Å². The molecular formula is C20H31N3S. The summed E-state index contributed by atoms with van der Waals surface area (Å²) in [5, 5.41) is 8.99. The third-order valence-corrected chi connectivity index (χ3v) is 6.85. The highest BCUT2D eigenvalue weighted by atomic mass is 32.2. The molecular weight excluding hydrogens is 314 g/mol. The average molecular weight is 346 g/mol. The molecule has 0 radical (unpaired) electrons. The smallest absolute Gasteiger partial charge is 0.113 e. The Morgan fingerprint density at radius 3 is 2.58 bits per heavy atom. The summed E-state index contributed by atoms with van der Waals surface area (Å²) in [6.07, 6.45) is 14.7. The second kappa shape index (κ2) is 8.89. The van der Waals surface area contributed by atoms with Gasteiger partial charge in [0.05, 0.1) is 5.52 Å². The van der Waals surface area contributed by atoms with Gasteiger partial charge in [-0.1, -0.05) is 75.6 Å². The second-order valence-corrected chi connectivity index (χ2v) is 8.57. The SMILES string of the molecule is CCCCCCCCSC1(n2nnc3ccccc32)CCCCC1. The van der Waals surface area contributed by atoms with Crippen molar-refractivity contribution in [2.24, 2.45) is 0 Å². The molecule has 0 bridgehead atoms. The number of hydrogen-bond donors (Lipinski definition) is 0. The van der Waals surface area contributed by atoms with Crippen LogP contribution in [0.15, 0.2) is 24.3 Å². The molecule has 0 spiro atoms. The number of thioether (sulfide) groups is 1. The molecule has 2 aromatic rings. The van der Waals surface area contributed by atoms with E-state index in [0.717, 1.165) is 5.52 Å². The van der Waals surface area contributed by atoms with Crippen LogP contribution in [0.25, 0.3) is 11.0 Å². The first-order valence-corrected chi connectivity index (χ1v) is 10.8. The number of rotatable bonds is 9. The minimum absolute atomic E-state index is 0.137. The number of aromatic nitrogens is 3. The van der Waals surface area contributed by atoms with Gasteiger partial charge in [0.1, 0.15) is 10.4 Å². The maximum atomic E-state index is 4.58. The molecule has 1 fully saturated rings. The standard InChI is InChI=1S/C20H31N3S/c1-2-3-4-5-6-12-17-24-20(15-10-7-11-16-20)23-19-14-9-8-13-18(19)21-22-23/h8-9,13-14H,2-7,10-12,15-17H2,1H3. The molecule has 0 aliphatic heterocycles. The number of unbranched alkanes of at least 4 members (excludes halogenated alkanes) is 5. The molecule has 0 saturated heterocycles. The third-order valence-electron chi connectivity index (χ3n) is 5.24. The van der Waals surface area contributed by atoms with Crippen LogP contribution in [0.5, 0.6) is 0 Å². The van der Waals surface area contributed by atoms with Crippen molar-refractivity contribution < 1.29 is 0 Å². The lowest BCUT2D eigenvalue weighted by molar-refractivity contribution is 0.290. The summed E-state index contributed by atoms with van der Waals surface area (Å²) in [7, 11) is 0. The first-order valence-electron chi connectivity index (χ1n) is 9.81. The zero-order chi connectivity index (χ0) is 16.7. The fraction of sp³-hybridized carbons (Fsp3) is 0.700. The van der Waals surface area contributed by atoms with E-state index in [4.69, 9.17) is 0 Å². The summed E-state index contributed by atoms with van der Waals surface area (Å²) in [5.41, 5.74) is 2.23. The Morgan fingerprint density at radius 1 is 1.00 bits per heavy atom. The van der Waals surface area contributed by atoms with E-state index in [9.17, 15) is 0 Å². The van der Waals surface area contributed by atoms with E-state index >= 15 is 0 Å². The van der Waals surface area contributed by atoms with Gasteiger partial charge in [-0.3, -0.25) is 0 Å². The van der Waals surface area contributed by atoms with Gasteiger partial charge in [0, 0.05) is 0 Å². The fourth-order valence-electron chi connectivity index (χ4n) is 3.84. The number of hydrogen-bond acceptors (Lipinski definition) is 3. The van der Waals surface area contributed by atoms with E-state index in [0.29, 0.717) is 0 Å². The Bertz CT molecular complexity index is 616. The number of nitrogens with zero attached hydrogens (tertiary/aromatic N) is 3. The van der Waals surface area contributed by atoms with Crippen LogP contribution in [0.4, 0.5) is 0 Å². The van der Waals surface area contributed by atoms with Crippen molar-refractivity contribution in [3.05, 3.63) is 24.3 Å². The summed E-state index contributed by atoms with van der Waals surface area (Å²) in [5.74, 6) is 1.25. The summed E-state index contributed by atoms with van der Waals surface area (Å²) in [6.45, 7) is 2.28. The highest BCUT2D eigenvalue weighted by Crippen LogP contribution is 2.45. The maximum absolute atomic E-state index is 4.58. The van der Waals surface area contributed by atoms with Gasteiger partial charge in [-0.25, -0.2) is 4.68 Å². The van der Waals surface area contributed by atoms with E-state index in [-0.39, 0.29) is 4.87 Å². The molecule has 1 aliphatic rings. The van der Waals surface area contributed by atoms with Crippen LogP contribution in [0.2, 0.25) is 0 Å². The first-order chi connectivity index (χ1) is 11.9. The molecule has 0 unspecified atom stereocenters. The molecule has 3 rings (SSSR count). The van der Waals surface area contributed by atoms with E-state index in [1.165, 1.54) is 81.9 Å². The summed E-state index contributed by atoms with van der Waals surface area (Å²) >= 11 is 2.14. The van der Waals surface area contributed by atoms with Gasteiger partial charge >= 0.3 is 0 Å². The molecule has 0 atom stereocenters. The van der Waals surface area contributed by atoms with E-state index in [1.807, 2.05) is 0 Å². The van der Waals surface area contributed by atoms with Crippen molar-refractivity contribution >= 4 is 22.8 Å². The molecule has 1 aromatic heterocycles. The van der Waals surface area contributed by atoms with Crippen molar-refractivity contribution in [2.45, 2.75) is 82.4 Å². The van der Waals surface area contributed by atoms with Gasteiger partial charge in [-0.2, -0.15) is 0 Å². The zero-order valence-corrected chi connectivity index (χ0v) is 15.9. The first kappa shape index (κ1) is 17.8. The molecule has 1 heterocycles. The van der Waals surface area contributed by atoms with Crippen molar-refractivity contribution in [1.29, 1.82) is 0 Å². The van der Waals surface area contributed by atoms with Crippen LogP contribution in [-0.4, -0.2) is 20.7 Å². The van der Waals surface area contributed by atoms with Crippen LogP contribution in [0, 0.1) is 0 Å². The Balaban J connectivity index is 1.65. The lowest BCUT2D eigenvalue weighted by Gasteiger charge is -2.37. The topological polar surface area (TPSA) is 30.7 Å². The lowest BCUT2D eigenvalue weighted by atomic mass is 9.94. The van der Waals surface area contributed by atoms with E-state index in [2.05, 4.69) is 57.9 Å². The highest BCUT2D eigenvalue weighted by molar-refractivity contribution is 8.00. The Morgan fingerprint density at radius 2 is 1.75 bits per heavy atom. The fourth-order valence-corrected chi connectivity index (χ4v) is 5.40. The van der Waals surface area contributed by atoms with Crippen LogP contribution >= 0.6 is 11.8 Å². The van der Waals surface area contributed by atoms with Crippen LogP contribution in [-0.2, 0) is 4.87 Å².